The molecule has 0 spiro atoms. The Labute approximate surface area is 552 Å². The first-order valence-corrected chi connectivity index (χ1v) is 35.8. The molecule has 3 aliphatic heterocycles. The zero-order chi connectivity index (χ0) is 66.8. The number of carbonyl (C=O) groups is 1. The average molecular weight is 1310 g/mol. The van der Waals surface area contributed by atoms with Gasteiger partial charge in [0.2, 0.25) is 5.91 Å². The molecule has 3 fully saturated rings. The second-order valence-electron chi connectivity index (χ2n) is 25.3. The molecule has 1 amide bonds. The lowest BCUT2D eigenvalue weighted by atomic mass is 9.96. The van der Waals surface area contributed by atoms with Crippen LogP contribution in [0, 0.1) is 0 Å². The lowest BCUT2D eigenvalue weighted by molar-refractivity contribution is -0.379. The fraction of sp³-hybridized carbons (Fsp3) is 0.795. The number of aliphatic hydroxyl groups excluding tert-OH is 11. The molecule has 0 aromatic carbocycles. The van der Waals surface area contributed by atoms with E-state index in [1.54, 1.807) is 6.08 Å². The quantitative estimate of drug-likeness (QED) is 0.0199. The summed E-state index contributed by atoms with van der Waals surface area (Å²) < 4.78 is 34.3. The largest absolute Gasteiger partial charge is 0.394 e. The summed E-state index contributed by atoms with van der Waals surface area (Å²) in [5.41, 5.74) is 0. The van der Waals surface area contributed by atoms with Crippen molar-refractivity contribution in [2.24, 2.45) is 0 Å². The zero-order valence-electron chi connectivity index (χ0n) is 56.3. The molecule has 3 aliphatic rings. The summed E-state index contributed by atoms with van der Waals surface area (Å²) in [6.45, 7) is 1.60. The van der Waals surface area contributed by atoms with Crippen molar-refractivity contribution in [1.29, 1.82) is 0 Å². The highest BCUT2D eigenvalue weighted by molar-refractivity contribution is 5.76. The van der Waals surface area contributed by atoms with Crippen LogP contribution in [0.4, 0.5) is 0 Å². The van der Waals surface area contributed by atoms with E-state index < -0.39 is 124 Å². The van der Waals surface area contributed by atoms with E-state index in [0.717, 1.165) is 77.0 Å². The molecule has 0 radical (unpaired) electrons. The van der Waals surface area contributed by atoms with Gasteiger partial charge in [0.05, 0.1) is 38.6 Å². The Morgan fingerprint density at radius 3 is 1.22 bits per heavy atom. The van der Waals surface area contributed by atoms with E-state index in [2.05, 4.69) is 92.1 Å². The standard InChI is InChI=1S/C73H127NO18/c1-3-5-7-9-11-13-15-17-19-21-23-25-26-27-28-29-30-31-33-35-37-39-41-43-45-47-49-51-61(79)74-56(57(78)50-48-46-44-42-40-38-36-34-32-24-22-20-18-16-14-12-10-8-6-4-2)55-87-71-67(85)64(82)69(59(53-76)89-71)92-73-68(86)65(83)70(60(54-77)90-73)91-72-66(84)63(81)62(80)58(52-75)88-72/h5,7,11,13,17,19,23,25,32,34,40,42,48,50,56-60,62-73,75-78,80-86H,3-4,6,8-10,12,14-16,18,20-22,24,26-31,33,35-39,41,43-47,49,51-55H2,1-2H3,(H,74,79)/b7-5-,13-11-,19-17-,25-23-,34-32+,42-40+,50-48+. The number of allylic oxidation sites excluding steroid dienone is 13. The second-order valence-corrected chi connectivity index (χ2v) is 25.3. The molecular weight excluding hydrogens is 1180 g/mol. The van der Waals surface area contributed by atoms with Crippen LogP contribution in [0.15, 0.2) is 85.1 Å². The lowest BCUT2D eigenvalue weighted by Gasteiger charge is -2.48. The number of unbranched alkanes of at least 4 members (excludes halogenated alkanes) is 26. The Morgan fingerprint density at radius 2 is 0.761 bits per heavy atom. The van der Waals surface area contributed by atoms with Crippen LogP contribution in [0.5, 0.6) is 0 Å². The van der Waals surface area contributed by atoms with Crippen LogP contribution >= 0.6 is 0 Å². The van der Waals surface area contributed by atoms with Gasteiger partial charge in [-0.15, -0.1) is 0 Å². The van der Waals surface area contributed by atoms with Crippen molar-refractivity contribution < 1.29 is 89.4 Å². The molecule has 3 rings (SSSR count). The monoisotopic (exact) mass is 1310 g/mol. The number of amides is 1. The molecule has 92 heavy (non-hydrogen) atoms. The molecule has 0 saturated carbocycles. The molecule has 532 valence electrons. The van der Waals surface area contributed by atoms with Crippen LogP contribution in [0.2, 0.25) is 0 Å². The van der Waals surface area contributed by atoms with E-state index in [4.69, 9.17) is 28.4 Å². The third kappa shape index (κ3) is 35.3. The maximum atomic E-state index is 13.4. The van der Waals surface area contributed by atoms with Crippen molar-refractivity contribution in [2.45, 2.75) is 343 Å². The van der Waals surface area contributed by atoms with Crippen LogP contribution in [0.3, 0.4) is 0 Å². The van der Waals surface area contributed by atoms with Crippen molar-refractivity contribution in [3.8, 4) is 0 Å². The summed E-state index contributed by atoms with van der Waals surface area (Å²) in [6, 6.07) is -1.00. The molecule has 19 heteroatoms. The van der Waals surface area contributed by atoms with E-state index in [1.165, 1.54) is 128 Å². The number of nitrogens with one attached hydrogen (secondary N) is 1. The summed E-state index contributed by atoms with van der Waals surface area (Å²) >= 11 is 0. The van der Waals surface area contributed by atoms with Crippen LogP contribution in [-0.4, -0.2) is 193 Å². The predicted molar refractivity (Wildman–Crippen MR) is 360 cm³/mol. The summed E-state index contributed by atoms with van der Waals surface area (Å²) in [5.74, 6) is -0.292. The van der Waals surface area contributed by atoms with E-state index in [-0.39, 0.29) is 18.9 Å². The average Bonchev–Trinajstić information content (AvgIpc) is 0.854. The Kier molecular flexibility index (Phi) is 48.9. The van der Waals surface area contributed by atoms with Gasteiger partial charge in [-0.1, -0.05) is 234 Å². The molecule has 17 unspecified atom stereocenters. The van der Waals surface area contributed by atoms with E-state index in [0.29, 0.717) is 12.8 Å². The highest BCUT2D eigenvalue weighted by Gasteiger charge is 2.53. The van der Waals surface area contributed by atoms with Crippen LogP contribution in [-0.2, 0) is 33.2 Å². The van der Waals surface area contributed by atoms with Gasteiger partial charge in [0.25, 0.3) is 0 Å². The van der Waals surface area contributed by atoms with Gasteiger partial charge in [-0.25, -0.2) is 0 Å². The Morgan fingerprint density at radius 1 is 0.402 bits per heavy atom. The van der Waals surface area contributed by atoms with Crippen molar-refractivity contribution in [3.63, 3.8) is 0 Å². The Balaban J connectivity index is 1.43. The minimum absolute atomic E-state index is 0.227. The summed E-state index contributed by atoms with van der Waals surface area (Å²) in [6.07, 6.45) is 42.7. The first-order valence-electron chi connectivity index (χ1n) is 35.8. The van der Waals surface area contributed by atoms with Crippen molar-refractivity contribution >= 4 is 5.91 Å². The molecule has 12 N–H and O–H groups in total. The topological polar surface area (TPSA) is 307 Å². The van der Waals surface area contributed by atoms with Gasteiger partial charge < -0.3 is 89.9 Å². The molecular formula is C73H127NO18. The van der Waals surface area contributed by atoms with Crippen molar-refractivity contribution in [2.75, 3.05) is 26.4 Å². The lowest BCUT2D eigenvalue weighted by Crippen LogP contribution is -2.66. The normalized spacial score (nSPS) is 28.2. The second kappa shape index (κ2) is 54.0. The van der Waals surface area contributed by atoms with Crippen LogP contribution < -0.4 is 5.32 Å². The van der Waals surface area contributed by atoms with Gasteiger partial charge in [-0.3, -0.25) is 4.79 Å². The highest BCUT2D eigenvalue weighted by Crippen LogP contribution is 2.33. The third-order valence-electron chi connectivity index (χ3n) is 17.4. The smallest absolute Gasteiger partial charge is 0.220 e. The molecule has 3 heterocycles. The highest BCUT2D eigenvalue weighted by atomic mass is 16.8. The first kappa shape index (κ1) is 83.2. The molecule has 0 aliphatic carbocycles. The molecule has 0 aromatic heterocycles. The van der Waals surface area contributed by atoms with Crippen molar-refractivity contribution in [1.82, 2.24) is 5.32 Å². The molecule has 17 atom stereocenters. The van der Waals surface area contributed by atoms with E-state index in [9.17, 15) is 61.0 Å². The molecule has 3 saturated heterocycles. The summed E-state index contributed by atoms with van der Waals surface area (Å²) in [7, 11) is 0. The van der Waals surface area contributed by atoms with Crippen molar-refractivity contribution in [3.05, 3.63) is 85.1 Å². The number of aliphatic hydroxyl groups is 11. The van der Waals surface area contributed by atoms with Gasteiger partial charge >= 0.3 is 0 Å². The fourth-order valence-corrected chi connectivity index (χ4v) is 11.6. The Hall–Kier alpha value is -3.03. The SMILES string of the molecule is CC/C=C\C/C=C\C/C=C\C/C=C\CCCCCCCCCCCCCCCCC(=O)NC(COC1OC(CO)C(OC2OC(CO)C(OC3OC(CO)C(O)C(O)C3O)C(O)C2O)C(O)C1O)C(O)/C=C/CC/C=C/CC/C=C/CCCCCCCCCCCC. The summed E-state index contributed by atoms with van der Waals surface area (Å²) in [5, 5.41) is 121. The minimum Gasteiger partial charge on any atom is -0.394 e. The summed E-state index contributed by atoms with van der Waals surface area (Å²) in [4.78, 5) is 13.4. The van der Waals surface area contributed by atoms with E-state index in [1.807, 2.05) is 6.08 Å². The number of rotatable bonds is 54. The zero-order valence-corrected chi connectivity index (χ0v) is 56.3. The number of ether oxygens (including phenoxy) is 6. The fourth-order valence-electron chi connectivity index (χ4n) is 11.6. The maximum absolute atomic E-state index is 13.4. The first-order chi connectivity index (χ1) is 44.8. The molecule has 19 nitrogen and oxygen atoms in total. The van der Waals surface area contributed by atoms with Gasteiger partial charge in [0.15, 0.2) is 18.9 Å². The van der Waals surface area contributed by atoms with Crippen LogP contribution in [0.1, 0.15) is 239 Å². The maximum Gasteiger partial charge on any atom is 0.220 e. The molecule has 0 aromatic rings. The number of carbonyl (C=O) groups excluding carboxylic acids is 1. The van der Waals surface area contributed by atoms with Gasteiger partial charge in [0, 0.05) is 6.42 Å². The molecule has 0 bridgehead atoms. The van der Waals surface area contributed by atoms with Crippen LogP contribution in [0.25, 0.3) is 0 Å². The number of hydrogen-bond acceptors (Lipinski definition) is 18. The van der Waals surface area contributed by atoms with Gasteiger partial charge in [0.1, 0.15) is 73.2 Å². The third-order valence-corrected chi connectivity index (χ3v) is 17.4. The van der Waals surface area contributed by atoms with Gasteiger partial charge in [-0.05, 0) is 83.5 Å². The minimum atomic E-state index is -1.99. The van der Waals surface area contributed by atoms with Gasteiger partial charge in [-0.2, -0.15) is 0 Å². The van der Waals surface area contributed by atoms with E-state index >= 15 is 0 Å². The number of hydrogen-bond donors (Lipinski definition) is 12. The predicted octanol–water partition coefficient (Wildman–Crippen LogP) is 9.88. The Bertz CT molecular complexity index is 2000.